The molecule has 2 fully saturated rings. The van der Waals surface area contributed by atoms with Crippen molar-refractivity contribution in [1.82, 2.24) is 10.5 Å². The molecule has 1 aromatic heterocycles. The fraction of sp³-hybridized carbons (Fsp3) is 0.765. The Hall–Kier alpha value is -1.07. The van der Waals surface area contributed by atoms with Gasteiger partial charge < -0.3 is 15.6 Å². The minimum atomic E-state index is -0.244. The van der Waals surface area contributed by atoms with Crippen LogP contribution in [0.15, 0.2) is 4.52 Å². The highest BCUT2D eigenvalue weighted by atomic mass is 35.5. The number of carbonyl (C=O) groups is 1. The molecule has 3 rings (SSSR count). The number of hydrogen-bond donors (Lipinski definition) is 2. The van der Waals surface area contributed by atoms with E-state index in [4.69, 9.17) is 10.3 Å². The topological polar surface area (TPSA) is 81.2 Å². The van der Waals surface area contributed by atoms with Crippen LogP contribution < -0.4 is 11.1 Å². The summed E-state index contributed by atoms with van der Waals surface area (Å²) in [4.78, 5) is 12.6. The van der Waals surface area contributed by atoms with Gasteiger partial charge >= 0.3 is 0 Å². The van der Waals surface area contributed by atoms with Crippen LogP contribution in [0.2, 0.25) is 0 Å². The first-order valence-electron chi connectivity index (χ1n) is 8.62. The third kappa shape index (κ3) is 4.07. The quantitative estimate of drug-likeness (QED) is 0.878. The molecule has 0 saturated heterocycles. The Labute approximate surface area is 144 Å². The Bertz CT molecular complexity index is 532. The smallest absolute Gasteiger partial charge is 0.256 e. The number of nitrogens with zero attached hydrogens (tertiary/aromatic N) is 1. The van der Waals surface area contributed by atoms with Gasteiger partial charge in [-0.15, -0.1) is 12.4 Å². The van der Waals surface area contributed by atoms with Gasteiger partial charge in [-0.2, -0.15) is 0 Å². The molecule has 1 heterocycles. The zero-order chi connectivity index (χ0) is 15.6. The molecule has 0 radical (unpaired) electrons. The molecular formula is C17H28ClN3O2. The van der Waals surface area contributed by atoms with E-state index >= 15 is 0 Å². The van der Waals surface area contributed by atoms with Crippen LogP contribution in [-0.4, -0.2) is 23.1 Å². The number of aromatic nitrogens is 1. The summed E-state index contributed by atoms with van der Waals surface area (Å²) in [6, 6.07) is 0. The highest BCUT2D eigenvalue weighted by molar-refractivity contribution is 5.96. The molecule has 0 atom stereocenters. The number of amides is 1. The summed E-state index contributed by atoms with van der Waals surface area (Å²) in [6.45, 7) is 2.36. The van der Waals surface area contributed by atoms with Gasteiger partial charge in [-0.3, -0.25) is 4.79 Å². The summed E-state index contributed by atoms with van der Waals surface area (Å²) in [5, 5.41) is 7.20. The molecule has 2 aliphatic rings. The van der Waals surface area contributed by atoms with Crippen LogP contribution >= 0.6 is 12.4 Å². The maximum atomic E-state index is 12.6. The molecule has 5 nitrogen and oxygen atoms in total. The molecule has 0 bridgehead atoms. The maximum absolute atomic E-state index is 12.6. The molecule has 2 aliphatic carbocycles. The third-order valence-corrected chi connectivity index (χ3v) is 5.31. The molecule has 0 spiro atoms. The van der Waals surface area contributed by atoms with Crippen molar-refractivity contribution in [2.24, 2.45) is 5.73 Å². The van der Waals surface area contributed by atoms with Crippen LogP contribution in [0, 0.1) is 6.92 Å². The summed E-state index contributed by atoms with van der Waals surface area (Å²) < 4.78 is 5.30. The van der Waals surface area contributed by atoms with Crippen molar-refractivity contribution in [1.29, 1.82) is 0 Å². The molecule has 0 aromatic carbocycles. The highest BCUT2D eigenvalue weighted by Crippen LogP contribution is 2.36. The minimum absolute atomic E-state index is 0. The van der Waals surface area contributed by atoms with E-state index in [-0.39, 0.29) is 23.9 Å². The number of carbonyl (C=O) groups excluding carboxylic acids is 1. The molecule has 6 heteroatoms. The molecular weight excluding hydrogens is 314 g/mol. The zero-order valence-electron chi connectivity index (χ0n) is 13.9. The standard InChI is InChI=1S/C17H27N3O2.ClH/c1-12-14(15(20-22-12)13-7-3-4-8-13)16(21)19-11-17(18)9-5-2-6-10-17;/h13H,2-11,18H2,1H3,(H,19,21);1H. The lowest BCUT2D eigenvalue weighted by Crippen LogP contribution is -2.51. The number of rotatable bonds is 4. The van der Waals surface area contributed by atoms with Crippen molar-refractivity contribution in [3.63, 3.8) is 0 Å². The van der Waals surface area contributed by atoms with Gasteiger partial charge in [0.25, 0.3) is 5.91 Å². The Morgan fingerprint density at radius 3 is 2.57 bits per heavy atom. The Morgan fingerprint density at radius 1 is 1.26 bits per heavy atom. The van der Waals surface area contributed by atoms with Crippen LogP contribution in [0.1, 0.15) is 85.5 Å². The predicted molar refractivity (Wildman–Crippen MR) is 92.0 cm³/mol. The van der Waals surface area contributed by atoms with Crippen molar-refractivity contribution in [3.8, 4) is 0 Å². The fourth-order valence-corrected chi connectivity index (χ4v) is 3.92. The van der Waals surface area contributed by atoms with E-state index in [0.29, 0.717) is 23.8 Å². The first kappa shape index (κ1) is 18.3. The Morgan fingerprint density at radius 2 is 1.91 bits per heavy atom. The summed E-state index contributed by atoms with van der Waals surface area (Å²) in [5.41, 5.74) is 7.66. The maximum Gasteiger partial charge on any atom is 0.256 e. The second kappa shape index (κ2) is 7.67. The highest BCUT2D eigenvalue weighted by Gasteiger charge is 2.31. The molecule has 1 aromatic rings. The number of nitrogens with one attached hydrogen (secondary N) is 1. The second-order valence-electron chi connectivity index (χ2n) is 7.09. The van der Waals surface area contributed by atoms with E-state index in [1.165, 1.54) is 19.3 Å². The molecule has 0 unspecified atom stereocenters. The molecule has 0 aliphatic heterocycles. The Kier molecular flexibility index (Phi) is 6.09. The first-order valence-corrected chi connectivity index (χ1v) is 8.62. The van der Waals surface area contributed by atoms with Gasteiger partial charge in [0.1, 0.15) is 11.3 Å². The SMILES string of the molecule is Cc1onc(C2CCCC2)c1C(=O)NCC1(N)CCCCC1.Cl. The van der Waals surface area contributed by atoms with E-state index in [1.54, 1.807) is 0 Å². The Balaban J connectivity index is 0.00000192. The lowest BCUT2D eigenvalue weighted by Gasteiger charge is -2.33. The van der Waals surface area contributed by atoms with Gasteiger partial charge in [0, 0.05) is 18.0 Å². The lowest BCUT2D eigenvalue weighted by atomic mass is 9.82. The van der Waals surface area contributed by atoms with Crippen molar-refractivity contribution < 1.29 is 9.32 Å². The summed E-state index contributed by atoms with van der Waals surface area (Å²) in [6.07, 6.45) is 10.2. The molecule has 1 amide bonds. The van der Waals surface area contributed by atoms with Crippen LogP contribution in [0.5, 0.6) is 0 Å². The van der Waals surface area contributed by atoms with E-state index in [9.17, 15) is 4.79 Å². The average Bonchev–Trinajstić information content (AvgIpc) is 3.15. The largest absolute Gasteiger partial charge is 0.361 e. The minimum Gasteiger partial charge on any atom is -0.361 e. The van der Waals surface area contributed by atoms with Crippen LogP contribution in [-0.2, 0) is 0 Å². The third-order valence-electron chi connectivity index (χ3n) is 5.31. The van der Waals surface area contributed by atoms with Crippen molar-refractivity contribution in [3.05, 3.63) is 17.0 Å². The van der Waals surface area contributed by atoms with E-state index < -0.39 is 0 Å². The average molecular weight is 342 g/mol. The van der Waals surface area contributed by atoms with Crippen molar-refractivity contribution in [2.45, 2.75) is 76.2 Å². The van der Waals surface area contributed by atoms with Crippen molar-refractivity contribution in [2.75, 3.05) is 6.54 Å². The van der Waals surface area contributed by atoms with Crippen LogP contribution in [0.4, 0.5) is 0 Å². The molecule has 23 heavy (non-hydrogen) atoms. The summed E-state index contributed by atoms with van der Waals surface area (Å²) >= 11 is 0. The number of hydrogen-bond acceptors (Lipinski definition) is 4. The van der Waals surface area contributed by atoms with Gasteiger partial charge in [-0.25, -0.2) is 0 Å². The number of nitrogens with two attached hydrogens (primary N) is 1. The first-order chi connectivity index (χ1) is 10.6. The number of halogens is 1. The van der Waals surface area contributed by atoms with Crippen molar-refractivity contribution >= 4 is 18.3 Å². The van der Waals surface area contributed by atoms with Gasteiger partial charge in [-0.05, 0) is 32.6 Å². The molecule has 130 valence electrons. The summed E-state index contributed by atoms with van der Waals surface area (Å²) in [5.74, 6) is 0.921. The summed E-state index contributed by atoms with van der Waals surface area (Å²) in [7, 11) is 0. The second-order valence-corrected chi connectivity index (χ2v) is 7.09. The molecule has 3 N–H and O–H groups in total. The van der Waals surface area contributed by atoms with E-state index in [0.717, 1.165) is 44.2 Å². The van der Waals surface area contributed by atoms with Crippen LogP contribution in [0.25, 0.3) is 0 Å². The fourth-order valence-electron chi connectivity index (χ4n) is 3.92. The lowest BCUT2D eigenvalue weighted by molar-refractivity contribution is 0.0935. The molecule has 2 saturated carbocycles. The van der Waals surface area contributed by atoms with E-state index in [2.05, 4.69) is 10.5 Å². The monoisotopic (exact) mass is 341 g/mol. The van der Waals surface area contributed by atoms with Gasteiger partial charge in [0.15, 0.2) is 0 Å². The van der Waals surface area contributed by atoms with Gasteiger partial charge in [-0.1, -0.05) is 37.3 Å². The normalized spacial score (nSPS) is 21.0. The zero-order valence-corrected chi connectivity index (χ0v) is 14.7. The predicted octanol–water partition coefficient (Wildman–Crippen LogP) is 3.45. The van der Waals surface area contributed by atoms with Gasteiger partial charge in [0.2, 0.25) is 0 Å². The number of aryl methyl sites for hydroxylation is 1. The van der Waals surface area contributed by atoms with Crippen LogP contribution in [0.3, 0.4) is 0 Å². The van der Waals surface area contributed by atoms with Gasteiger partial charge in [0.05, 0.1) is 5.69 Å². The van der Waals surface area contributed by atoms with E-state index in [1.807, 2.05) is 6.92 Å².